The van der Waals surface area contributed by atoms with E-state index in [0.29, 0.717) is 0 Å². The van der Waals surface area contributed by atoms with Crippen molar-refractivity contribution in [1.82, 2.24) is 5.32 Å². The summed E-state index contributed by atoms with van der Waals surface area (Å²) in [4.78, 5) is 22.2. The predicted molar refractivity (Wildman–Crippen MR) is 66.8 cm³/mol. The van der Waals surface area contributed by atoms with Gasteiger partial charge in [0, 0.05) is 12.2 Å². The van der Waals surface area contributed by atoms with Crippen molar-refractivity contribution in [2.45, 2.75) is 12.8 Å². The molecule has 0 aliphatic heterocycles. The van der Waals surface area contributed by atoms with Gasteiger partial charge in [-0.25, -0.2) is 4.79 Å². The summed E-state index contributed by atoms with van der Waals surface area (Å²) in [5, 5.41) is 4.77. The SMILES string of the molecule is COC(=O)CCNC(=O)Nc1ccc(OC(F)(F)F)cc1. The molecular weight excluding hydrogens is 293 g/mol. The highest BCUT2D eigenvalue weighted by molar-refractivity contribution is 5.89. The van der Waals surface area contributed by atoms with Crippen molar-refractivity contribution < 1.29 is 32.2 Å². The van der Waals surface area contributed by atoms with Crippen LogP contribution in [0, 0.1) is 0 Å². The number of rotatable bonds is 5. The van der Waals surface area contributed by atoms with Crippen LogP contribution in [0.25, 0.3) is 0 Å². The van der Waals surface area contributed by atoms with Crippen LogP contribution in [0.4, 0.5) is 23.7 Å². The Hall–Kier alpha value is -2.45. The molecule has 0 fully saturated rings. The minimum absolute atomic E-state index is 0.0162. The molecule has 0 spiro atoms. The minimum Gasteiger partial charge on any atom is -0.469 e. The molecule has 9 heteroatoms. The minimum atomic E-state index is -4.76. The molecule has 0 saturated carbocycles. The number of methoxy groups -OCH3 is 1. The van der Waals surface area contributed by atoms with Crippen LogP contribution in [-0.2, 0) is 9.53 Å². The summed E-state index contributed by atoms with van der Waals surface area (Å²) < 4.78 is 43.9. The molecule has 0 aliphatic carbocycles. The smallest absolute Gasteiger partial charge is 0.469 e. The molecule has 1 aromatic carbocycles. The molecule has 0 unspecified atom stereocenters. The predicted octanol–water partition coefficient (Wildman–Crippen LogP) is 2.27. The zero-order valence-electron chi connectivity index (χ0n) is 11.0. The van der Waals surface area contributed by atoms with Crippen molar-refractivity contribution in [2.24, 2.45) is 0 Å². The third-order valence-electron chi connectivity index (χ3n) is 2.19. The molecular formula is C12H13F3N2O4. The lowest BCUT2D eigenvalue weighted by Crippen LogP contribution is -2.30. The fraction of sp³-hybridized carbons (Fsp3) is 0.333. The van der Waals surface area contributed by atoms with Crippen molar-refractivity contribution in [3.8, 4) is 5.75 Å². The van der Waals surface area contributed by atoms with Gasteiger partial charge in [-0.05, 0) is 24.3 Å². The van der Waals surface area contributed by atoms with Crippen LogP contribution in [0.3, 0.4) is 0 Å². The molecule has 1 rings (SSSR count). The van der Waals surface area contributed by atoms with Crippen molar-refractivity contribution >= 4 is 17.7 Å². The first-order valence-corrected chi connectivity index (χ1v) is 5.77. The Bertz CT molecular complexity index is 488. The highest BCUT2D eigenvalue weighted by Gasteiger charge is 2.30. The number of amides is 2. The highest BCUT2D eigenvalue weighted by atomic mass is 19.4. The third kappa shape index (κ3) is 7.04. The molecule has 0 atom stereocenters. The number of carbonyl (C=O) groups excluding carboxylic acids is 2. The average molecular weight is 306 g/mol. The molecule has 6 nitrogen and oxygen atoms in total. The van der Waals surface area contributed by atoms with Gasteiger partial charge in [0.05, 0.1) is 13.5 Å². The number of carbonyl (C=O) groups is 2. The van der Waals surface area contributed by atoms with Crippen LogP contribution in [0.5, 0.6) is 5.75 Å². The van der Waals surface area contributed by atoms with Crippen LogP contribution in [-0.4, -0.2) is 32.0 Å². The van der Waals surface area contributed by atoms with E-state index in [0.717, 1.165) is 12.1 Å². The molecule has 116 valence electrons. The highest BCUT2D eigenvalue weighted by Crippen LogP contribution is 2.23. The second-order valence-corrected chi connectivity index (χ2v) is 3.78. The van der Waals surface area contributed by atoms with Crippen LogP contribution in [0.15, 0.2) is 24.3 Å². The largest absolute Gasteiger partial charge is 0.573 e. The lowest BCUT2D eigenvalue weighted by Gasteiger charge is -2.10. The van der Waals surface area contributed by atoms with Gasteiger partial charge in [0.2, 0.25) is 0 Å². The van der Waals surface area contributed by atoms with E-state index in [-0.39, 0.29) is 24.4 Å². The quantitative estimate of drug-likeness (QED) is 0.818. The summed E-state index contributed by atoms with van der Waals surface area (Å²) in [6, 6.07) is 4.04. The number of anilines is 1. The summed E-state index contributed by atoms with van der Waals surface area (Å²) in [6.45, 7) is 0.0772. The molecule has 0 aliphatic rings. The van der Waals surface area contributed by atoms with E-state index in [1.807, 2.05) is 0 Å². The second kappa shape index (κ2) is 7.36. The van der Waals surface area contributed by atoms with Crippen molar-refractivity contribution in [2.75, 3.05) is 19.0 Å². The van der Waals surface area contributed by atoms with Gasteiger partial charge in [0.25, 0.3) is 0 Å². The standard InChI is InChI=1S/C12H13F3N2O4/c1-20-10(18)6-7-16-11(19)17-8-2-4-9(5-3-8)21-12(13,14)15/h2-5H,6-7H2,1H3,(H2,16,17,19). The van der Waals surface area contributed by atoms with Gasteiger partial charge < -0.3 is 20.1 Å². The van der Waals surface area contributed by atoms with E-state index in [9.17, 15) is 22.8 Å². The number of esters is 1. The topological polar surface area (TPSA) is 76.7 Å². The summed E-state index contributed by atoms with van der Waals surface area (Å²) in [7, 11) is 1.23. The van der Waals surface area contributed by atoms with Crippen LogP contribution in [0.1, 0.15) is 6.42 Å². The number of urea groups is 1. The summed E-state index contributed by atoms with van der Waals surface area (Å²) in [5.41, 5.74) is 0.278. The molecule has 0 aromatic heterocycles. The average Bonchev–Trinajstić information content (AvgIpc) is 2.39. The number of alkyl halides is 3. The summed E-state index contributed by atoms with van der Waals surface area (Å²) >= 11 is 0. The number of halogens is 3. The van der Waals surface area contributed by atoms with E-state index < -0.39 is 18.4 Å². The molecule has 2 amide bonds. The number of hydrogen-bond donors (Lipinski definition) is 2. The summed E-state index contributed by atoms with van der Waals surface area (Å²) in [5.74, 6) is -0.858. The van der Waals surface area contributed by atoms with E-state index >= 15 is 0 Å². The Morgan fingerprint density at radius 2 is 1.81 bits per heavy atom. The van der Waals surface area contributed by atoms with Crippen LogP contribution < -0.4 is 15.4 Å². The Balaban J connectivity index is 2.41. The first-order chi connectivity index (χ1) is 9.80. The van der Waals surface area contributed by atoms with Gasteiger partial charge in [-0.2, -0.15) is 0 Å². The van der Waals surface area contributed by atoms with Gasteiger partial charge in [-0.1, -0.05) is 0 Å². The van der Waals surface area contributed by atoms with Gasteiger partial charge in [0.15, 0.2) is 0 Å². The van der Waals surface area contributed by atoms with E-state index in [4.69, 9.17) is 0 Å². The Morgan fingerprint density at radius 1 is 1.19 bits per heavy atom. The summed E-state index contributed by atoms with van der Waals surface area (Å²) in [6.07, 6.45) is -4.75. The zero-order valence-corrected chi connectivity index (χ0v) is 11.0. The normalized spacial score (nSPS) is 10.7. The lowest BCUT2D eigenvalue weighted by molar-refractivity contribution is -0.274. The fourth-order valence-electron chi connectivity index (χ4n) is 1.30. The maximum Gasteiger partial charge on any atom is 0.573 e. The van der Waals surface area contributed by atoms with Gasteiger partial charge in [-0.3, -0.25) is 4.79 Å². The first kappa shape index (κ1) is 16.6. The Morgan fingerprint density at radius 3 is 2.33 bits per heavy atom. The Labute approximate surface area is 118 Å². The van der Waals surface area contributed by atoms with Crippen LogP contribution in [0.2, 0.25) is 0 Å². The third-order valence-corrected chi connectivity index (χ3v) is 2.19. The van der Waals surface area contributed by atoms with Crippen molar-refractivity contribution in [3.05, 3.63) is 24.3 Å². The van der Waals surface area contributed by atoms with E-state index in [1.54, 1.807) is 0 Å². The molecule has 21 heavy (non-hydrogen) atoms. The van der Waals surface area contributed by atoms with Gasteiger partial charge in [-0.15, -0.1) is 13.2 Å². The number of nitrogens with one attached hydrogen (secondary N) is 2. The van der Waals surface area contributed by atoms with Crippen molar-refractivity contribution in [3.63, 3.8) is 0 Å². The second-order valence-electron chi connectivity index (χ2n) is 3.78. The monoisotopic (exact) mass is 306 g/mol. The fourth-order valence-corrected chi connectivity index (χ4v) is 1.30. The molecule has 0 heterocycles. The number of benzene rings is 1. The van der Waals surface area contributed by atoms with E-state index in [1.165, 1.54) is 19.2 Å². The lowest BCUT2D eigenvalue weighted by atomic mass is 10.3. The first-order valence-electron chi connectivity index (χ1n) is 5.77. The number of hydrogen-bond acceptors (Lipinski definition) is 4. The molecule has 1 aromatic rings. The molecule has 2 N–H and O–H groups in total. The van der Waals surface area contributed by atoms with Gasteiger partial charge in [0.1, 0.15) is 5.75 Å². The molecule has 0 bridgehead atoms. The van der Waals surface area contributed by atoms with E-state index in [2.05, 4.69) is 20.1 Å². The Kier molecular flexibility index (Phi) is 5.82. The molecule has 0 radical (unpaired) electrons. The zero-order chi connectivity index (χ0) is 15.9. The number of ether oxygens (including phenoxy) is 2. The maximum atomic E-state index is 11.9. The molecule has 0 saturated heterocycles. The van der Waals surface area contributed by atoms with Crippen molar-refractivity contribution in [1.29, 1.82) is 0 Å². The maximum absolute atomic E-state index is 11.9. The van der Waals surface area contributed by atoms with Crippen LogP contribution >= 0.6 is 0 Å². The van der Waals surface area contributed by atoms with Gasteiger partial charge >= 0.3 is 18.4 Å².